The van der Waals surface area contributed by atoms with Crippen molar-refractivity contribution in [3.63, 3.8) is 0 Å². The zero-order valence-corrected chi connectivity index (χ0v) is 11.4. The lowest BCUT2D eigenvalue weighted by Crippen LogP contribution is -2.18. The van der Waals surface area contributed by atoms with Crippen LogP contribution in [0.15, 0.2) is 18.2 Å². The molecule has 1 aromatic rings. The molecule has 0 radical (unpaired) electrons. The van der Waals surface area contributed by atoms with Gasteiger partial charge >= 0.3 is 0 Å². The average molecular weight is 248 g/mol. The Morgan fingerprint density at radius 3 is 2.28 bits per heavy atom. The first-order valence-corrected chi connectivity index (χ1v) is 6.09. The van der Waals surface area contributed by atoms with Crippen LogP contribution in [0.5, 0.6) is 11.5 Å². The minimum atomic E-state index is -0.278. The summed E-state index contributed by atoms with van der Waals surface area (Å²) in [6.07, 6.45) is 0. The van der Waals surface area contributed by atoms with Crippen LogP contribution < -0.4 is 9.47 Å². The molecule has 18 heavy (non-hydrogen) atoms. The number of benzene rings is 1. The summed E-state index contributed by atoms with van der Waals surface area (Å²) in [6, 6.07) is 7.63. The molecule has 0 heterocycles. The van der Waals surface area contributed by atoms with Gasteiger partial charge in [0, 0.05) is 0 Å². The third-order valence-electron chi connectivity index (χ3n) is 2.52. The highest BCUT2D eigenvalue weighted by Gasteiger charge is 2.15. The number of hydrogen-bond acceptors (Lipinski definition) is 4. The SMILES string of the molecule is CCOc1ccc([C@H](C#N)N(C)C)cc1OCC. The fourth-order valence-corrected chi connectivity index (χ4v) is 1.73. The van der Waals surface area contributed by atoms with E-state index in [0.717, 1.165) is 11.3 Å². The van der Waals surface area contributed by atoms with Crippen LogP contribution in [0.25, 0.3) is 0 Å². The second kappa shape index (κ2) is 6.87. The van der Waals surface area contributed by atoms with Crippen molar-refractivity contribution in [3.05, 3.63) is 23.8 Å². The van der Waals surface area contributed by atoms with Gasteiger partial charge in [-0.3, -0.25) is 4.90 Å². The molecule has 1 aromatic carbocycles. The predicted molar refractivity (Wildman–Crippen MR) is 70.8 cm³/mol. The summed E-state index contributed by atoms with van der Waals surface area (Å²) in [6.45, 7) is 5.02. The van der Waals surface area contributed by atoms with Crippen molar-refractivity contribution in [3.8, 4) is 17.6 Å². The molecule has 0 bridgehead atoms. The van der Waals surface area contributed by atoms with Gasteiger partial charge in [0.1, 0.15) is 6.04 Å². The molecular formula is C14H20N2O2. The van der Waals surface area contributed by atoms with Crippen LogP contribution >= 0.6 is 0 Å². The molecule has 4 heteroatoms. The first-order chi connectivity index (χ1) is 8.63. The van der Waals surface area contributed by atoms with Gasteiger partial charge in [-0.1, -0.05) is 6.07 Å². The van der Waals surface area contributed by atoms with E-state index >= 15 is 0 Å². The van der Waals surface area contributed by atoms with Crippen LogP contribution in [-0.4, -0.2) is 32.2 Å². The highest BCUT2D eigenvalue weighted by Crippen LogP contribution is 2.31. The van der Waals surface area contributed by atoms with Crippen LogP contribution in [0.3, 0.4) is 0 Å². The Hall–Kier alpha value is -1.73. The summed E-state index contributed by atoms with van der Waals surface area (Å²) in [7, 11) is 3.76. The van der Waals surface area contributed by atoms with Crippen molar-refractivity contribution in [2.45, 2.75) is 19.9 Å². The van der Waals surface area contributed by atoms with E-state index in [1.54, 1.807) is 0 Å². The van der Waals surface area contributed by atoms with Gasteiger partial charge < -0.3 is 9.47 Å². The van der Waals surface area contributed by atoms with E-state index in [-0.39, 0.29) is 6.04 Å². The summed E-state index contributed by atoms with van der Waals surface area (Å²) in [5.74, 6) is 1.41. The van der Waals surface area contributed by atoms with Crippen LogP contribution in [0.4, 0.5) is 0 Å². The van der Waals surface area contributed by atoms with Crippen LogP contribution in [0.1, 0.15) is 25.5 Å². The Balaban J connectivity index is 3.09. The molecule has 0 N–H and O–H groups in total. The maximum atomic E-state index is 9.18. The molecule has 0 spiro atoms. The fourth-order valence-electron chi connectivity index (χ4n) is 1.73. The predicted octanol–water partition coefficient (Wildman–Crippen LogP) is 2.61. The summed E-state index contributed by atoms with van der Waals surface area (Å²) in [5, 5.41) is 9.18. The summed E-state index contributed by atoms with van der Waals surface area (Å²) < 4.78 is 11.0. The van der Waals surface area contributed by atoms with E-state index in [9.17, 15) is 5.26 Å². The van der Waals surface area contributed by atoms with Gasteiger partial charge in [0.25, 0.3) is 0 Å². The Labute approximate surface area is 109 Å². The maximum Gasteiger partial charge on any atom is 0.161 e. The third kappa shape index (κ3) is 3.38. The molecule has 0 amide bonds. The molecule has 1 atom stereocenters. The average Bonchev–Trinajstić information content (AvgIpc) is 2.33. The smallest absolute Gasteiger partial charge is 0.161 e. The fraction of sp³-hybridized carbons (Fsp3) is 0.500. The number of nitrogens with zero attached hydrogens (tertiary/aromatic N) is 2. The maximum absolute atomic E-state index is 9.18. The first kappa shape index (κ1) is 14.3. The van der Waals surface area contributed by atoms with Crippen LogP contribution in [0, 0.1) is 11.3 Å². The topological polar surface area (TPSA) is 45.5 Å². The molecule has 0 aliphatic rings. The molecule has 0 unspecified atom stereocenters. The Morgan fingerprint density at radius 2 is 1.78 bits per heavy atom. The van der Waals surface area contributed by atoms with Crippen molar-refractivity contribution in [2.24, 2.45) is 0 Å². The summed E-state index contributed by atoms with van der Waals surface area (Å²) in [4.78, 5) is 1.87. The second-order valence-corrected chi connectivity index (χ2v) is 4.07. The number of rotatable bonds is 6. The van der Waals surface area contributed by atoms with Gasteiger partial charge in [0.2, 0.25) is 0 Å². The highest BCUT2D eigenvalue weighted by atomic mass is 16.5. The molecular weight excluding hydrogens is 228 g/mol. The minimum absolute atomic E-state index is 0.278. The summed E-state index contributed by atoms with van der Waals surface area (Å²) >= 11 is 0. The van der Waals surface area contributed by atoms with Gasteiger partial charge in [-0.2, -0.15) is 5.26 Å². The van der Waals surface area contributed by atoms with Gasteiger partial charge in [-0.25, -0.2) is 0 Å². The van der Waals surface area contributed by atoms with E-state index < -0.39 is 0 Å². The highest BCUT2D eigenvalue weighted by molar-refractivity contribution is 5.44. The summed E-state index contributed by atoms with van der Waals surface area (Å²) in [5.41, 5.74) is 0.911. The Morgan fingerprint density at radius 1 is 1.17 bits per heavy atom. The second-order valence-electron chi connectivity index (χ2n) is 4.07. The monoisotopic (exact) mass is 248 g/mol. The Bertz CT molecular complexity index is 424. The van der Waals surface area contributed by atoms with Crippen molar-refractivity contribution in [1.82, 2.24) is 4.90 Å². The van der Waals surface area contributed by atoms with Crippen molar-refractivity contribution >= 4 is 0 Å². The van der Waals surface area contributed by atoms with Gasteiger partial charge in [-0.15, -0.1) is 0 Å². The molecule has 0 aliphatic heterocycles. The van der Waals surface area contributed by atoms with E-state index in [1.165, 1.54) is 0 Å². The molecule has 0 saturated carbocycles. The molecule has 0 fully saturated rings. The third-order valence-corrected chi connectivity index (χ3v) is 2.52. The minimum Gasteiger partial charge on any atom is -0.490 e. The van der Waals surface area contributed by atoms with Crippen molar-refractivity contribution in [1.29, 1.82) is 5.26 Å². The van der Waals surface area contributed by atoms with E-state index in [4.69, 9.17) is 9.47 Å². The lowest BCUT2D eigenvalue weighted by atomic mass is 10.1. The number of nitriles is 1. The van der Waals surface area contributed by atoms with Gasteiger partial charge in [-0.05, 0) is 45.6 Å². The molecule has 1 rings (SSSR count). The standard InChI is InChI=1S/C14H20N2O2/c1-5-17-13-8-7-11(9-14(13)18-6-2)12(10-15)16(3)4/h7-9,12H,5-6H2,1-4H3/t12-/m0/s1. The normalized spacial score (nSPS) is 12.0. The lowest BCUT2D eigenvalue weighted by Gasteiger charge is -2.19. The molecule has 0 aromatic heterocycles. The largest absolute Gasteiger partial charge is 0.490 e. The Kier molecular flexibility index (Phi) is 5.47. The van der Waals surface area contributed by atoms with Gasteiger partial charge in [0.15, 0.2) is 11.5 Å². The number of ether oxygens (including phenoxy) is 2. The number of hydrogen-bond donors (Lipinski definition) is 0. The van der Waals surface area contributed by atoms with E-state index in [1.807, 2.05) is 51.0 Å². The quantitative estimate of drug-likeness (QED) is 0.776. The molecule has 0 saturated heterocycles. The first-order valence-electron chi connectivity index (χ1n) is 6.09. The lowest BCUT2D eigenvalue weighted by molar-refractivity contribution is 0.286. The van der Waals surface area contributed by atoms with Crippen LogP contribution in [0.2, 0.25) is 0 Å². The van der Waals surface area contributed by atoms with E-state index in [2.05, 4.69) is 6.07 Å². The molecule has 98 valence electrons. The van der Waals surface area contributed by atoms with Gasteiger partial charge in [0.05, 0.1) is 19.3 Å². The van der Waals surface area contributed by atoms with Crippen molar-refractivity contribution < 1.29 is 9.47 Å². The molecule has 0 aliphatic carbocycles. The molecule has 4 nitrogen and oxygen atoms in total. The van der Waals surface area contributed by atoms with E-state index in [0.29, 0.717) is 19.0 Å². The van der Waals surface area contributed by atoms with Crippen molar-refractivity contribution in [2.75, 3.05) is 27.3 Å². The zero-order chi connectivity index (χ0) is 13.5. The zero-order valence-electron chi connectivity index (χ0n) is 11.4. The van der Waals surface area contributed by atoms with Crippen LogP contribution in [-0.2, 0) is 0 Å².